The summed E-state index contributed by atoms with van der Waals surface area (Å²) in [5, 5.41) is 0. The van der Waals surface area contributed by atoms with Gasteiger partial charge in [0, 0.05) is 12.1 Å². The van der Waals surface area contributed by atoms with Gasteiger partial charge in [-0.15, -0.1) is 0 Å². The molecule has 0 N–H and O–H groups in total. The lowest BCUT2D eigenvalue weighted by atomic mass is 10.00. The summed E-state index contributed by atoms with van der Waals surface area (Å²) in [5.74, 6) is 2.10. The number of rotatable bonds is 6. The number of furan rings is 1. The van der Waals surface area contributed by atoms with Crippen molar-refractivity contribution in [1.29, 1.82) is 0 Å². The monoisotopic (exact) mass is 304 g/mol. The average molecular weight is 304 g/mol. The van der Waals surface area contributed by atoms with Gasteiger partial charge in [-0.3, -0.25) is 9.69 Å². The zero-order valence-corrected chi connectivity index (χ0v) is 13.9. The van der Waals surface area contributed by atoms with E-state index in [2.05, 4.69) is 11.8 Å². The van der Waals surface area contributed by atoms with Gasteiger partial charge in [0.15, 0.2) is 0 Å². The van der Waals surface area contributed by atoms with Crippen LogP contribution in [0.1, 0.15) is 57.0 Å². The zero-order valence-electron chi connectivity index (χ0n) is 13.9. The van der Waals surface area contributed by atoms with Gasteiger partial charge in [-0.25, -0.2) is 0 Å². The van der Waals surface area contributed by atoms with E-state index in [1.165, 1.54) is 19.3 Å². The largest absolute Gasteiger partial charge is 0.464 e. The molecule has 1 saturated carbocycles. The van der Waals surface area contributed by atoms with Crippen LogP contribution in [0.15, 0.2) is 16.5 Å². The van der Waals surface area contributed by atoms with E-state index in [1.54, 1.807) is 0 Å². The molecule has 1 aromatic rings. The topological polar surface area (TPSA) is 36.7 Å². The van der Waals surface area contributed by atoms with Crippen molar-refractivity contribution in [2.24, 2.45) is 0 Å². The molecule has 4 heteroatoms. The molecule has 0 bridgehead atoms. The van der Waals surface area contributed by atoms with Crippen LogP contribution in [-0.2, 0) is 11.3 Å². The van der Waals surface area contributed by atoms with Crippen LogP contribution in [0, 0.1) is 6.92 Å². The zero-order chi connectivity index (χ0) is 15.5. The molecular weight excluding hydrogens is 276 g/mol. The Bertz CT molecular complexity index is 507. The lowest BCUT2D eigenvalue weighted by Gasteiger charge is -2.36. The van der Waals surface area contributed by atoms with Crippen molar-refractivity contribution in [3.8, 4) is 0 Å². The van der Waals surface area contributed by atoms with Gasteiger partial charge < -0.3 is 9.32 Å². The SMILES string of the molecule is CCC1CCCCN1CC(=O)N(Cc1ccc(C)o1)C1CC1. The molecular formula is C18H28N2O2. The van der Waals surface area contributed by atoms with Gasteiger partial charge >= 0.3 is 0 Å². The Kier molecular flexibility index (Phi) is 4.87. The highest BCUT2D eigenvalue weighted by molar-refractivity contribution is 5.79. The fraction of sp³-hybridized carbons (Fsp3) is 0.722. The van der Waals surface area contributed by atoms with E-state index in [0.717, 1.165) is 37.3 Å². The van der Waals surface area contributed by atoms with E-state index in [0.29, 0.717) is 25.2 Å². The second-order valence-corrected chi connectivity index (χ2v) is 6.79. The van der Waals surface area contributed by atoms with Crippen molar-refractivity contribution in [2.75, 3.05) is 13.1 Å². The Morgan fingerprint density at radius 3 is 2.77 bits per heavy atom. The molecule has 1 aromatic heterocycles. The van der Waals surface area contributed by atoms with E-state index in [-0.39, 0.29) is 5.91 Å². The molecule has 1 amide bonds. The first-order chi connectivity index (χ1) is 10.7. The minimum absolute atomic E-state index is 0.275. The number of hydrogen-bond donors (Lipinski definition) is 0. The van der Waals surface area contributed by atoms with E-state index < -0.39 is 0 Å². The number of aryl methyl sites for hydroxylation is 1. The molecule has 4 nitrogen and oxygen atoms in total. The molecule has 1 aliphatic carbocycles. The van der Waals surface area contributed by atoms with Crippen molar-refractivity contribution in [3.05, 3.63) is 23.7 Å². The summed E-state index contributed by atoms with van der Waals surface area (Å²) in [6, 6.07) is 4.99. The minimum atomic E-state index is 0.275. The lowest BCUT2D eigenvalue weighted by Crippen LogP contribution is -2.47. The smallest absolute Gasteiger partial charge is 0.237 e. The summed E-state index contributed by atoms with van der Waals surface area (Å²) in [7, 11) is 0. The van der Waals surface area contributed by atoms with Crippen molar-refractivity contribution in [3.63, 3.8) is 0 Å². The third-order valence-electron chi connectivity index (χ3n) is 4.99. The summed E-state index contributed by atoms with van der Waals surface area (Å²) in [6.07, 6.45) is 7.20. The molecule has 1 unspecified atom stereocenters. The van der Waals surface area contributed by atoms with E-state index in [4.69, 9.17) is 4.42 Å². The maximum absolute atomic E-state index is 12.8. The first-order valence-corrected chi connectivity index (χ1v) is 8.76. The maximum atomic E-state index is 12.8. The molecule has 0 radical (unpaired) electrons. The van der Waals surface area contributed by atoms with Crippen molar-refractivity contribution < 1.29 is 9.21 Å². The molecule has 0 spiro atoms. The number of amides is 1. The summed E-state index contributed by atoms with van der Waals surface area (Å²) < 4.78 is 5.67. The van der Waals surface area contributed by atoms with Gasteiger partial charge in [0.25, 0.3) is 0 Å². The van der Waals surface area contributed by atoms with Gasteiger partial charge in [0.1, 0.15) is 11.5 Å². The number of piperidine rings is 1. The lowest BCUT2D eigenvalue weighted by molar-refractivity contribution is -0.134. The van der Waals surface area contributed by atoms with Crippen molar-refractivity contribution in [1.82, 2.24) is 9.80 Å². The fourth-order valence-corrected chi connectivity index (χ4v) is 3.54. The van der Waals surface area contributed by atoms with Gasteiger partial charge in [0.05, 0.1) is 13.1 Å². The normalized spacial score (nSPS) is 22.7. The molecule has 1 saturated heterocycles. The molecule has 3 rings (SSSR count). The van der Waals surface area contributed by atoms with E-state index in [9.17, 15) is 4.79 Å². The van der Waals surface area contributed by atoms with Gasteiger partial charge in [-0.05, 0) is 57.7 Å². The van der Waals surface area contributed by atoms with Crippen LogP contribution in [0.4, 0.5) is 0 Å². The third-order valence-corrected chi connectivity index (χ3v) is 4.99. The Hall–Kier alpha value is -1.29. The predicted octanol–water partition coefficient (Wildman–Crippen LogP) is 3.34. The molecule has 2 fully saturated rings. The van der Waals surface area contributed by atoms with Crippen molar-refractivity contribution >= 4 is 5.91 Å². The standard InChI is InChI=1S/C18H28N2O2/c1-3-15-6-4-5-11-19(15)13-18(21)20(16-8-9-16)12-17-10-7-14(2)22-17/h7,10,15-16H,3-6,8-9,11-13H2,1-2H3. The quantitative estimate of drug-likeness (QED) is 0.809. The van der Waals surface area contributed by atoms with Crippen LogP contribution in [0.5, 0.6) is 0 Å². The Balaban J connectivity index is 1.62. The Labute approximate surface area is 133 Å². The number of carbonyl (C=O) groups excluding carboxylic acids is 1. The maximum Gasteiger partial charge on any atom is 0.237 e. The minimum Gasteiger partial charge on any atom is -0.464 e. The summed E-state index contributed by atoms with van der Waals surface area (Å²) in [5.41, 5.74) is 0. The Morgan fingerprint density at radius 1 is 1.32 bits per heavy atom. The average Bonchev–Trinajstić information content (AvgIpc) is 3.27. The van der Waals surface area contributed by atoms with Gasteiger partial charge in [-0.1, -0.05) is 13.3 Å². The van der Waals surface area contributed by atoms with Crippen LogP contribution in [0.3, 0.4) is 0 Å². The Morgan fingerprint density at radius 2 is 2.14 bits per heavy atom. The van der Waals surface area contributed by atoms with Crippen molar-refractivity contribution in [2.45, 2.75) is 71.0 Å². The number of likely N-dealkylation sites (tertiary alicyclic amines) is 1. The van der Waals surface area contributed by atoms with Gasteiger partial charge in [-0.2, -0.15) is 0 Å². The van der Waals surface area contributed by atoms with E-state index in [1.807, 2.05) is 24.0 Å². The fourth-order valence-electron chi connectivity index (χ4n) is 3.54. The second kappa shape index (κ2) is 6.86. The number of hydrogen-bond acceptors (Lipinski definition) is 3. The summed E-state index contributed by atoms with van der Waals surface area (Å²) in [6.45, 7) is 6.46. The van der Waals surface area contributed by atoms with Crippen LogP contribution in [0.2, 0.25) is 0 Å². The number of carbonyl (C=O) groups is 1. The highest BCUT2D eigenvalue weighted by atomic mass is 16.3. The number of nitrogens with zero attached hydrogens (tertiary/aromatic N) is 2. The molecule has 22 heavy (non-hydrogen) atoms. The highest BCUT2D eigenvalue weighted by Gasteiger charge is 2.34. The first kappa shape index (κ1) is 15.6. The van der Waals surface area contributed by atoms with Crippen LogP contribution < -0.4 is 0 Å². The first-order valence-electron chi connectivity index (χ1n) is 8.76. The van der Waals surface area contributed by atoms with Gasteiger partial charge in [0.2, 0.25) is 5.91 Å². The summed E-state index contributed by atoms with van der Waals surface area (Å²) in [4.78, 5) is 17.2. The van der Waals surface area contributed by atoms with Crippen LogP contribution >= 0.6 is 0 Å². The second-order valence-electron chi connectivity index (χ2n) is 6.79. The van der Waals surface area contributed by atoms with E-state index >= 15 is 0 Å². The molecule has 1 atom stereocenters. The van der Waals surface area contributed by atoms with Crippen LogP contribution in [0.25, 0.3) is 0 Å². The predicted molar refractivity (Wildman–Crippen MR) is 86.5 cm³/mol. The molecule has 1 aliphatic heterocycles. The molecule has 2 aliphatic rings. The van der Waals surface area contributed by atoms with Crippen LogP contribution in [-0.4, -0.2) is 40.9 Å². The molecule has 2 heterocycles. The molecule has 0 aromatic carbocycles. The highest BCUT2D eigenvalue weighted by Crippen LogP contribution is 2.29. The summed E-state index contributed by atoms with van der Waals surface area (Å²) >= 11 is 0. The third kappa shape index (κ3) is 3.72. The molecule has 122 valence electrons.